The van der Waals surface area contributed by atoms with Gasteiger partial charge in [-0.2, -0.15) is 0 Å². The predicted molar refractivity (Wildman–Crippen MR) is 88.7 cm³/mol. The van der Waals surface area contributed by atoms with Crippen LogP contribution in [0.3, 0.4) is 0 Å². The summed E-state index contributed by atoms with van der Waals surface area (Å²) in [5.74, 6) is 0. The lowest BCUT2D eigenvalue weighted by atomic mass is 10.3. The molecule has 3 aromatic rings. The van der Waals surface area contributed by atoms with Crippen molar-refractivity contribution >= 4 is 46.1 Å². The third-order valence-corrected chi connectivity index (χ3v) is 4.32. The van der Waals surface area contributed by atoms with Crippen LogP contribution in [0, 0.1) is 6.92 Å². The van der Waals surface area contributed by atoms with Crippen LogP contribution in [-0.2, 0) is 6.54 Å². The molecule has 0 aliphatic rings. The molecule has 0 saturated carbocycles. The van der Waals surface area contributed by atoms with Crippen molar-refractivity contribution in [3.8, 4) is 0 Å². The van der Waals surface area contributed by atoms with Crippen molar-refractivity contribution in [3.05, 3.63) is 63.0 Å². The minimum atomic E-state index is 0.443. The van der Waals surface area contributed by atoms with E-state index in [2.05, 4.69) is 10.3 Å². The van der Waals surface area contributed by atoms with Crippen LogP contribution < -0.4 is 5.32 Å². The Morgan fingerprint density at radius 2 is 1.86 bits per heavy atom. The van der Waals surface area contributed by atoms with E-state index in [0.29, 0.717) is 21.6 Å². The third-order valence-electron chi connectivity index (χ3n) is 3.29. The fourth-order valence-electron chi connectivity index (χ4n) is 2.21. The quantitative estimate of drug-likeness (QED) is 0.663. The number of fused-ring (bicyclic) bond motifs is 1. The summed E-state index contributed by atoms with van der Waals surface area (Å²) in [4.78, 5) is 4.52. The number of halogens is 3. The van der Waals surface area contributed by atoms with Crippen molar-refractivity contribution < 1.29 is 0 Å². The molecule has 3 rings (SSSR count). The maximum Gasteiger partial charge on any atom is 0.137 e. The standard InChI is InChI=1S/C15H12Cl3N3/c1-9-14(21-5-3-2-4-15(21)20-9)8-19-13-7-11(17)10(16)6-12(13)18/h2-7,19H,8H2,1H3. The molecule has 0 aliphatic heterocycles. The molecule has 2 aromatic heterocycles. The maximum absolute atomic E-state index is 6.17. The lowest BCUT2D eigenvalue weighted by Crippen LogP contribution is -2.04. The molecule has 108 valence electrons. The average molecular weight is 341 g/mol. The van der Waals surface area contributed by atoms with Gasteiger partial charge in [0.25, 0.3) is 0 Å². The third kappa shape index (κ3) is 2.82. The van der Waals surface area contributed by atoms with Crippen LogP contribution in [0.15, 0.2) is 36.5 Å². The molecule has 0 spiro atoms. The van der Waals surface area contributed by atoms with E-state index in [-0.39, 0.29) is 0 Å². The van der Waals surface area contributed by atoms with Gasteiger partial charge in [-0.25, -0.2) is 4.98 Å². The largest absolute Gasteiger partial charge is 0.378 e. The van der Waals surface area contributed by atoms with Gasteiger partial charge < -0.3 is 9.72 Å². The number of aryl methyl sites for hydroxylation is 1. The van der Waals surface area contributed by atoms with Gasteiger partial charge in [-0.15, -0.1) is 0 Å². The number of nitrogens with zero attached hydrogens (tertiary/aromatic N) is 2. The number of hydrogen-bond acceptors (Lipinski definition) is 2. The zero-order valence-corrected chi connectivity index (χ0v) is 13.5. The molecule has 0 amide bonds. The highest BCUT2D eigenvalue weighted by Crippen LogP contribution is 2.32. The molecule has 6 heteroatoms. The molecule has 0 aliphatic carbocycles. The number of pyridine rings is 1. The van der Waals surface area contributed by atoms with Crippen LogP contribution in [0.1, 0.15) is 11.4 Å². The number of benzene rings is 1. The number of hydrogen-bond donors (Lipinski definition) is 1. The number of imidazole rings is 1. The SMILES string of the molecule is Cc1nc2ccccn2c1CNc1cc(Cl)c(Cl)cc1Cl. The van der Waals surface area contributed by atoms with Crippen molar-refractivity contribution in [1.82, 2.24) is 9.38 Å². The summed E-state index contributed by atoms with van der Waals surface area (Å²) < 4.78 is 2.05. The summed E-state index contributed by atoms with van der Waals surface area (Å²) >= 11 is 18.1. The number of anilines is 1. The smallest absolute Gasteiger partial charge is 0.137 e. The molecule has 3 nitrogen and oxygen atoms in total. The predicted octanol–water partition coefficient (Wildman–Crippen LogP) is 5.22. The normalized spacial score (nSPS) is 11.0. The van der Waals surface area contributed by atoms with Crippen LogP contribution in [0.2, 0.25) is 15.1 Å². The topological polar surface area (TPSA) is 29.3 Å². The van der Waals surface area contributed by atoms with Gasteiger partial charge in [-0.05, 0) is 31.2 Å². The van der Waals surface area contributed by atoms with Gasteiger partial charge in [0, 0.05) is 6.20 Å². The van der Waals surface area contributed by atoms with Crippen LogP contribution in [0.5, 0.6) is 0 Å². The van der Waals surface area contributed by atoms with Gasteiger partial charge in [0.15, 0.2) is 0 Å². The van der Waals surface area contributed by atoms with Crippen LogP contribution >= 0.6 is 34.8 Å². The second-order valence-electron chi connectivity index (χ2n) is 4.67. The first-order valence-electron chi connectivity index (χ1n) is 6.37. The fraction of sp³-hybridized carbons (Fsp3) is 0.133. The van der Waals surface area contributed by atoms with E-state index in [0.717, 1.165) is 22.7 Å². The van der Waals surface area contributed by atoms with Gasteiger partial charge in [-0.3, -0.25) is 0 Å². The Balaban J connectivity index is 1.90. The van der Waals surface area contributed by atoms with Gasteiger partial charge in [-0.1, -0.05) is 40.9 Å². The zero-order valence-electron chi connectivity index (χ0n) is 11.2. The van der Waals surface area contributed by atoms with E-state index in [1.165, 1.54) is 0 Å². The molecule has 0 fully saturated rings. The minimum Gasteiger partial charge on any atom is -0.378 e. The molecule has 21 heavy (non-hydrogen) atoms. The molecule has 2 heterocycles. The monoisotopic (exact) mass is 339 g/mol. The van der Waals surface area contributed by atoms with Crippen molar-refractivity contribution in [2.24, 2.45) is 0 Å². The molecule has 0 bridgehead atoms. The van der Waals surface area contributed by atoms with Crippen molar-refractivity contribution in [2.45, 2.75) is 13.5 Å². The zero-order chi connectivity index (χ0) is 15.0. The summed E-state index contributed by atoms with van der Waals surface area (Å²) in [6, 6.07) is 9.28. The Morgan fingerprint density at radius 1 is 1.10 bits per heavy atom. The van der Waals surface area contributed by atoms with Crippen LogP contribution in [-0.4, -0.2) is 9.38 Å². The number of aromatic nitrogens is 2. The Bertz CT molecular complexity index is 811. The van der Waals surface area contributed by atoms with Crippen molar-refractivity contribution in [3.63, 3.8) is 0 Å². The molecule has 0 saturated heterocycles. The summed E-state index contributed by atoms with van der Waals surface area (Å²) in [6.45, 7) is 2.58. The molecule has 1 aromatic carbocycles. The van der Waals surface area contributed by atoms with Gasteiger partial charge in [0.1, 0.15) is 5.65 Å². The minimum absolute atomic E-state index is 0.443. The summed E-state index contributed by atoms with van der Waals surface area (Å²) in [6.07, 6.45) is 1.99. The van der Waals surface area contributed by atoms with Crippen molar-refractivity contribution in [2.75, 3.05) is 5.32 Å². The van der Waals surface area contributed by atoms with E-state index >= 15 is 0 Å². The Kier molecular flexibility index (Phi) is 3.98. The Labute approximate surface area is 137 Å². The molecular formula is C15H12Cl3N3. The second kappa shape index (κ2) is 5.76. The summed E-state index contributed by atoms with van der Waals surface area (Å²) in [5, 5.41) is 4.73. The molecular weight excluding hydrogens is 329 g/mol. The fourth-order valence-corrected chi connectivity index (χ4v) is 2.83. The lowest BCUT2D eigenvalue weighted by Gasteiger charge is -2.10. The first-order valence-corrected chi connectivity index (χ1v) is 7.50. The average Bonchev–Trinajstić information content (AvgIpc) is 2.77. The van der Waals surface area contributed by atoms with Crippen LogP contribution in [0.25, 0.3) is 5.65 Å². The van der Waals surface area contributed by atoms with E-state index in [9.17, 15) is 0 Å². The van der Waals surface area contributed by atoms with Gasteiger partial charge >= 0.3 is 0 Å². The molecule has 0 atom stereocenters. The van der Waals surface area contributed by atoms with Gasteiger partial charge in [0.05, 0.1) is 38.7 Å². The van der Waals surface area contributed by atoms with E-state index in [1.54, 1.807) is 12.1 Å². The lowest BCUT2D eigenvalue weighted by molar-refractivity contribution is 0.987. The Morgan fingerprint density at radius 3 is 2.67 bits per heavy atom. The van der Waals surface area contributed by atoms with Gasteiger partial charge in [0.2, 0.25) is 0 Å². The highest BCUT2D eigenvalue weighted by atomic mass is 35.5. The van der Waals surface area contributed by atoms with E-state index < -0.39 is 0 Å². The second-order valence-corrected chi connectivity index (χ2v) is 5.89. The Hall–Kier alpha value is -1.42. The molecule has 0 radical (unpaired) electrons. The highest BCUT2D eigenvalue weighted by molar-refractivity contribution is 6.44. The molecule has 1 N–H and O–H groups in total. The van der Waals surface area contributed by atoms with Crippen LogP contribution in [0.4, 0.5) is 5.69 Å². The van der Waals surface area contributed by atoms with E-state index in [1.807, 2.05) is 35.7 Å². The number of nitrogens with one attached hydrogen (secondary N) is 1. The summed E-state index contributed by atoms with van der Waals surface area (Å²) in [7, 11) is 0. The maximum atomic E-state index is 6.17. The number of rotatable bonds is 3. The summed E-state index contributed by atoms with van der Waals surface area (Å²) in [5.41, 5.74) is 3.72. The van der Waals surface area contributed by atoms with Crippen molar-refractivity contribution in [1.29, 1.82) is 0 Å². The highest BCUT2D eigenvalue weighted by Gasteiger charge is 2.10. The first kappa shape index (κ1) is 14.5. The van der Waals surface area contributed by atoms with E-state index in [4.69, 9.17) is 34.8 Å². The molecule has 0 unspecified atom stereocenters. The first-order chi connectivity index (χ1) is 10.1.